The van der Waals surface area contributed by atoms with Crippen LogP contribution in [0.25, 0.3) is 0 Å². The summed E-state index contributed by atoms with van der Waals surface area (Å²) in [4.78, 5) is 0. The van der Waals surface area contributed by atoms with Crippen LogP contribution in [0.1, 0.15) is 48.9 Å². The molecule has 0 heterocycles. The quantitative estimate of drug-likeness (QED) is 0.354. The van der Waals surface area contributed by atoms with E-state index in [9.17, 15) is 8.76 Å². The van der Waals surface area contributed by atoms with Crippen LogP contribution in [0.4, 0.5) is 0 Å². The second kappa shape index (κ2) is 11.1. The first-order valence-electron chi connectivity index (χ1n) is 9.75. The van der Waals surface area contributed by atoms with Crippen LogP contribution >= 0.6 is 0 Å². The van der Waals surface area contributed by atoms with E-state index in [4.69, 9.17) is 0 Å². The van der Waals surface area contributed by atoms with Crippen LogP contribution in [0.3, 0.4) is 0 Å². The van der Waals surface area contributed by atoms with Crippen LogP contribution in [0.15, 0.2) is 84.5 Å². The maximum absolute atomic E-state index is 11.5. The molecule has 1 aliphatic carbocycles. The van der Waals surface area contributed by atoms with Crippen molar-refractivity contribution in [1.29, 1.82) is 0 Å². The number of nitrogens with one attached hydrogen (secondary N) is 2. The van der Waals surface area contributed by atoms with Gasteiger partial charge in [0.2, 0.25) is 0 Å². The molecule has 0 amide bonds. The van der Waals surface area contributed by atoms with Gasteiger partial charge in [-0.3, -0.25) is 4.21 Å². The van der Waals surface area contributed by atoms with Crippen molar-refractivity contribution in [3.63, 3.8) is 0 Å². The summed E-state index contributed by atoms with van der Waals surface area (Å²) >= 11 is -2.36. The topological polar surface area (TPSA) is 64.2 Å². The minimum Gasteiger partial charge on any atom is -0.760 e. The minimum atomic E-state index is -2.36. The SMILES string of the molecule is O=S([O-])NC(c1ccccc1)C(NCCCC1=CCC=CC1)c1ccccc1. The molecule has 2 N–H and O–H groups in total. The van der Waals surface area contributed by atoms with Crippen LogP contribution in [-0.4, -0.2) is 15.3 Å². The van der Waals surface area contributed by atoms with Gasteiger partial charge >= 0.3 is 0 Å². The second-order valence-electron chi connectivity index (χ2n) is 6.96. The summed E-state index contributed by atoms with van der Waals surface area (Å²) in [6, 6.07) is 19.2. The Morgan fingerprint density at radius 2 is 1.57 bits per heavy atom. The summed E-state index contributed by atoms with van der Waals surface area (Å²) in [7, 11) is 0. The molecule has 3 atom stereocenters. The van der Waals surface area contributed by atoms with E-state index in [1.807, 2.05) is 60.7 Å². The van der Waals surface area contributed by atoms with Crippen molar-refractivity contribution in [2.75, 3.05) is 6.54 Å². The predicted octanol–water partition coefficient (Wildman–Crippen LogP) is 4.50. The van der Waals surface area contributed by atoms with Gasteiger partial charge in [0.25, 0.3) is 0 Å². The fourth-order valence-corrected chi connectivity index (χ4v) is 4.09. The summed E-state index contributed by atoms with van der Waals surface area (Å²) in [5.41, 5.74) is 3.49. The Hall–Kier alpha value is -2.05. The van der Waals surface area contributed by atoms with Gasteiger partial charge in [0.15, 0.2) is 0 Å². The van der Waals surface area contributed by atoms with E-state index in [-0.39, 0.29) is 12.1 Å². The molecule has 1 aliphatic rings. The highest BCUT2D eigenvalue weighted by Gasteiger charge is 2.24. The second-order valence-corrected chi connectivity index (χ2v) is 7.67. The van der Waals surface area contributed by atoms with Crippen molar-refractivity contribution >= 4 is 11.3 Å². The largest absolute Gasteiger partial charge is 0.760 e. The Balaban J connectivity index is 1.73. The van der Waals surface area contributed by atoms with Crippen LogP contribution in [-0.2, 0) is 11.3 Å². The van der Waals surface area contributed by atoms with Crippen molar-refractivity contribution < 1.29 is 8.76 Å². The molecule has 0 saturated carbocycles. The Morgan fingerprint density at radius 3 is 2.14 bits per heavy atom. The maximum atomic E-state index is 11.5. The van der Waals surface area contributed by atoms with Crippen LogP contribution < -0.4 is 10.0 Å². The lowest BCUT2D eigenvalue weighted by Gasteiger charge is -2.31. The smallest absolute Gasteiger partial charge is 0.0629 e. The normalized spacial score (nSPS) is 17.0. The van der Waals surface area contributed by atoms with Gasteiger partial charge in [-0.25, -0.2) is 4.72 Å². The maximum Gasteiger partial charge on any atom is 0.0629 e. The molecule has 0 bridgehead atoms. The molecule has 0 fully saturated rings. The summed E-state index contributed by atoms with van der Waals surface area (Å²) in [6.45, 7) is 0.817. The number of hydrogen-bond acceptors (Lipinski definition) is 3. The molecule has 0 aliphatic heterocycles. The first-order valence-corrected chi connectivity index (χ1v) is 10.8. The van der Waals surface area contributed by atoms with Gasteiger partial charge in [-0.05, 0) is 43.4 Å². The molecule has 3 unspecified atom stereocenters. The molecule has 0 spiro atoms. The molecule has 0 aromatic heterocycles. The number of allylic oxidation sites excluding steroid dienone is 4. The van der Waals surface area contributed by atoms with Crippen molar-refractivity contribution in [1.82, 2.24) is 10.0 Å². The van der Waals surface area contributed by atoms with Crippen molar-refractivity contribution in [2.45, 2.75) is 37.8 Å². The zero-order chi connectivity index (χ0) is 19.6. The average molecular weight is 396 g/mol. The highest BCUT2D eigenvalue weighted by Crippen LogP contribution is 2.29. The van der Waals surface area contributed by atoms with Gasteiger partial charge in [0.1, 0.15) is 0 Å². The van der Waals surface area contributed by atoms with Crippen molar-refractivity contribution in [3.8, 4) is 0 Å². The molecule has 0 radical (unpaired) electrons. The number of rotatable bonds is 10. The van der Waals surface area contributed by atoms with E-state index < -0.39 is 11.3 Å². The molecule has 0 saturated heterocycles. The van der Waals surface area contributed by atoms with E-state index in [0.29, 0.717) is 0 Å². The third kappa shape index (κ3) is 6.24. The Kier molecular flexibility index (Phi) is 8.18. The van der Waals surface area contributed by atoms with Gasteiger partial charge in [-0.2, -0.15) is 0 Å². The van der Waals surface area contributed by atoms with Crippen LogP contribution in [0, 0.1) is 0 Å². The average Bonchev–Trinajstić information content (AvgIpc) is 2.74. The van der Waals surface area contributed by atoms with Crippen LogP contribution in [0.5, 0.6) is 0 Å². The summed E-state index contributed by atoms with van der Waals surface area (Å²) in [5.74, 6) is 0. The highest BCUT2D eigenvalue weighted by atomic mass is 32.2. The zero-order valence-electron chi connectivity index (χ0n) is 15.9. The minimum absolute atomic E-state index is 0.151. The van der Waals surface area contributed by atoms with Gasteiger partial charge in [-0.1, -0.05) is 84.5 Å². The number of hydrogen-bond donors (Lipinski definition) is 2. The molecular formula is C23H27N2O2S-. The van der Waals surface area contributed by atoms with E-state index in [2.05, 4.69) is 28.3 Å². The number of benzene rings is 2. The van der Waals surface area contributed by atoms with Crippen molar-refractivity contribution in [3.05, 3.63) is 95.6 Å². The molecule has 2 aromatic carbocycles. The van der Waals surface area contributed by atoms with E-state index >= 15 is 0 Å². The zero-order valence-corrected chi connectivity index (χ0v) is 16.7. The van der Waals surface area contributed by atoms with Crippen LogP contribution in [0.2, 0.25) is 0 Å². The van der Waals surface area contributed by atoms with Gasteiger partial charge < -0.3 is 9.87 Å². The van der Waals surface area contributed by atoms with E-state index in [1.165, 1.54) is 5.57 Å². The first-order chi connectivity index (χ1) is 13.7. The third-order valence-electron chi connectivity index (χ3n) is 5.00. The Bertz CT molecular complexity index is 806. The molecule has 148 valence electrons. The fourth-order valence-electron chi connectivity index (χ4n) is 3.61. The molecule has 5 heteroatoms. The lowest BCUT2D eigenvalue weighted by atomic mass is 9.93. The monoisotopic (exact) mass is 395 g/mol. The Labute approximate surface area is 170 Å². The standard InChI is InChI=1S/C23H28N2O2S/c26-28(27)25-23(21-16-8-3-9-17-21)22(20-14-6-2-7-15-20)24-18-10-13-19-11-4-1-5-12-19/h1-4,6-9,12,14-17,22-25H,5,10-11,13,18H2,(H,26,27)/p-1. The van der Waals surface area contributed by atoms with E-state index in [0.717, 1.165) is 43.4 Å². The molecule has 28 heavy (non-hydrogen) atoms. The Morgan fingerprint density at radius 1 is 0.929 bits per heavy atom. The summed E-state index contributed by atoms with van der Waals surface area (Å²) < 4.78 is 25.7. The molecule has 3 rings (SSSR count). The summed E-state index contributed by atoms with van der Waals surface area (Å²) in [6.07, 6.45) is 10.9. The highest BCUT2D eigenvalue weighted by molar-refractivity contribution is 7.77. The van der Waals surface area contributed by atoms with Gasteiger partial charge in [-0.15, -0.1) is 0 Å². The third-order valence-corrected chi connectivity index (χ3v) is 5.45. The first kappa shape index (κ1) is 20.7. The van der Waals surface area contributed by atoms with Gasteiger partial charge in [0.05, 0.1) is 12.1 Å². The van der Waals surface area contributed by atoms with Gasteiger partial charge in [0, 0.05) is 11.3 Å². The fraction of sp³-hybridized carbons (Fsp3) is 0.304. The van der Waals surface area contributed by atoms with E-state index in [1.54, 1.807) is 0 Å². The molecular weight excluding hydrogens is 368 g/mol. The van der Waals surface area contributed by atoms with Crippen molar-refractivity contribution in [2.24, 2.45) is 0 Å². The molecule has 4 nitrogen and oxygen atoms in total. The lowest BCUT2D eigenvalue weighted by Crippen LogP contribution is -2.36. The lowest BCUT2D eigenvalue weighted by molar-refractivity contribution is 0.412. The predicted molar refractivity (Wildman–Crippen MR) is 114 cm³/mol. The summed E-state index contributed by atoms with van der Waals surface area (Å²) in [5, 5.41) is 3.60. The molecule has 2 aromatic rings.